The number of nitrogens with one attached hydrogen (secondary N) is 1. The zero-order valence-electron chi connectivity index (χ0n) is 8.59. The third kappa shape index (κ3) is 2.85. The molecule has 0 saturated heterocycles. The number of pyridine rings is 1. The summed E-state index contributed by atoms with van der Waals surface area (Å²) >= 11 is 0. The van der Waals surface area contributed by atoms with Crippen LogP contribution >= 0.6 is 0 Å². The monoisotopic (exact) mass is 203 g/mol. The number of aryl methyl sites for hydroxylation is 1. The lowest BCUT2D eigenvalue weighted by Gasteiger charge is -2.00. The minimum atomic E-state index is 0.676. The van der Waals surface area contributed by atoms with Gasteiger partial charge in [-0.05, 0) is 11.6 Å². The normalized spacial score (nSPS) is 10.5. The number of hydrogen-bond donors (Lipinski definition) is 1. The van der Waals surface area contributed by atoms with E-state index in [9.17, 15) is 0 Å². The maximum Gasteiger partial charge on any atom is 0.164 e. The molecule has 0 saturated carbocycles. The lowest BCUT2D eigenvalue weighted by molar-refractivity contribution is 0.648. The summed E-state index contributed by atoms with van der Waals surface area (Å²) in [7, 11) is 1.86. The van der Waals surface area contributed by atoms with Gasteiger partial charge in [0.05, 0.1) is 6.54 Å². The van der Waals surface area contributed by atoms with Crippen molar-refractivity contribution in [2.75, 3.05) is 0 Å². The van der Waals surface area contributed by atoms with E-state index in [-0.39, 0.29) is 0 Å². The Labute approximate surface area is 88.2 Å². The van der Waals surface area contributed by atoms with Gasteiger partial charge in [0, 0.05) is 26.0 Å². The summed E-state index contributed by atoms with van der Waals surface area (Å²) in [5.74, 6) is 0.807. The van der Waals surface area contributed by atoms with Crippen LogP contribution in [0, 0.1) is 0 Å². The fraction of sp³-hybridized carbons (Fsp3) is 0.300. The zero-order chi connectivity index (χ0) is 10.5. The summed E-state index contributed by atoms with van der Waals surface area (Å²) in [6, 6.07) is 3.96. The summed E-state index contributed by atoms with van der Waals surface area (Å²) in [5, 5.41) is 7.42. The third-order valence-electron chi connectivity index (χ3n) is 1.98. The molecule has 1 N–H and O–H groups in total. The lowest BCUT2D eigenvalue weighted by atomic mass is 10.3. The number of rotatable bonds is 4. The average Bonchev–Trinajstić information content (AvgIpc) is 2.66. The summed E-state index contributed by atoms with van der Waals surface area (Å²) in [5.41, 5.74) is 1.16. The van der Waals surface area contributed by atoms with Crippen LogP contribution in [-0.4, -0.2) is 19.7 Å². The Morgan fingerprint density at radius 2 is 2.33 bits per heavy atom. The highest BCUT2D eigenvalue weighted by Crippen LogP contribution is 1.95. The van der Waals surface area contributed by atoms with Gasteiger partial charge in [-0.15, -0.1) is 0 Å². The largest absolute Gasteiger partial charge is 0.306 e. The molecule has 5 heteroatoms. The SMILES string of the molecule is Cn1cnc(CNCc2cccnc2)n1. The summed E-state index contributed by atoms with van der Waals surface area (Å²) in [6.45, 7) is 1.46. The van der Waals surface area contributed by atoms with Crippen LogP contribution < -0.4 is 5.32 Å². The number of hydrogen-bond acceptors (Lipinski definition) is 4. The summed E-state index contributed by atoms with van der Waals surface area (Å²) in [6.07, 6.45) is 5.31. The van der Waals surface area contributed by atoms with Gasteiger partial charge in [-0.2, -0.15) is 5.10 Å². The second kappa shape index (κ2) is 4.65. The molecule has 0 radical (unpaired) electrons. The first-order valence-electron chi connectivity index (χ1n) is 4.79. The predicted octanol–water partition coefficient (Wildman–Crippen LogP) is 0.500. The van der Waals surface area contributed by atoms with Gasteiger partial charge in [0.25, 0.3) is 0 Å². The van der Waals surface area contributed by atoms with E-state index in [1.54, 1.807) is 17.2 Å². The Bertz CT molecular complexity index is 409. The molecule has 0 bridgehead atoms. The highest BCUT2D eigenvalue weighted by atomic mass is 15.3. The van der Waals surface area contributed by atoms with Crippen molar-refractivity contribution >= 4 is 0 Å². The molecular weight excluding hydrogens is 190 g/mol. The van der Waals surface area contributed by atoms with Crippen molar-refractivity contribution in [2.24, 2.45) is 7.05 Å². The Morgan fingerprint density at radius 3 is 3.00 bits per heavy atom. The summed E-state index contributed by atoms with van der Waals surface area (Å²) < 4.78 is 1.70. The molecule has 0 aromatic carbocycles. The van der Waals surface area contributed by atoms with Crippen molar-refractivity contribution in [3.05, 3.63) is 42.2 Å². The first-order chi connectivity index (χ1) is 7.34. The van der Waals surface area contributed by atoms with Crippen LogP contribution in [0.2, 0.25) is 0 Å². The molecule has 0 amide bonds. The van der Waals surface area contributed by atoms with E-state index < -0.39 is 0 Å². The molecule has 2 aromatic heterocycles. The van der Waals surface area contributed by atoms with Crippen LogP contribution in [0.3, 0.4) is 0 Å². The van der Waals surface area contributed by atoms with E-state index >= 15 is 0 Å². The molecular formula is C10H13N5. The molecule has 5 nitrogen and oxygen atoms in total. The molecule has 2 heterocycles. The molecule has 0 aliphatic carbocycles. The van der Waals surface area contributed by atoms with Crippen LogP contribution in [-0.2, 0) is 20.1 Å². The molecule has 0 aliphatic heterocycles. The van der Waals surface area contributed by atoms with Crippen LogP contribution in [0.5, 0.6) is 0 Å². The molecule has 78 valence electrons. The minimum absolute atomic E-state index is 0.676. The molecule has 0 unspecified atom stereocenters. The zero-order valence-corrected chi connectivity index (χ0v) is 8.59. The van der Waals surface area contributed by atoms with Crippen molar-refractivity contribution in [3.63, 3.8) is 0 Å². The van der Waals surface area contributed by atoms with Gasteiger partial charge in [-0.25, -0.2) is 4.98 Å². The van der Waals surface area contributed by atoms with Gasteiger partial charge in [-0.1, -0.05) is 6.07 Å². The second-order valence-corrected chi connectivity index (χ2v) is 3.30. The maximum atomic E-state index is 4.17. The van der Waals surface area contributed by atoms with E-state index in [0.29, 0.717) is 6.54 Å². The topological polar surface area (TPSA) is 55.6 Å². The lowest BCUT2D eigenvalue weighted by Crippen LogP contribution is -2.14. The van der Waals surface area contributed by atoms with E-state index in [4.69, 9.17) is 0 Å². The van der Waals surface area contributed by atoms with E-state index in [0.717, 1.165) is 17.9 Å². The van der Waals surface area contributed by atoms with Crippen molar-refractivity contribution in [3.8, 4) is 0 Å². The Kier molecular flexibility index (Phi) is 3.04. The fourth-order valence-electron chi connectivity index (χ4n) is 1.29. The summed E-state index contributed by atoms with van der Waals surface area (Å²) in [4.78, 5) is 8.16. The van der Waals surface area contributed by atoms with Gasteiger partial charge in [0.2, 0.25) is 0 Å². The van der Waals surface area contributed by atoms with Gasteiger partial charge in [0.1, 0.15) is 6.33 Å². The van der Waals surface area contributed by atoms with Crippen LogP contribution in [0.25, 0.3) is 0 Å². The smallest absolute Gasteiger partial charge is 0.164 e. The van der Waals surface area contributed by atoms with Crippen LogP contribution in [0.1, 0.15) is 11.4 Å². The van der Waals surface area contributed by atoms with Crippen LogP contribution in [0.4, 0.5) is 0 Å². The highest BCUT2D eigenvalue weighted by Gasteiger charge is 1.97. The van der Waals surface area contributed by atoms with Gasteiger partial charge < -0.3 is 5.32 Å². The van der Waals surface area contributed by atoms with Gasteiger partial charge in [-0.3, -0.25) is 9.67 Å². The quantitative estimate of drug-likeness (QED) is 0.786. The van der Waals surface area contributed by atoms with Crippen molar-refractivity contribution in [2.45, 2.75) is 13.1 Å². The number of aromatic nitrogens is 4. The maximum absolute atomic E-state index is 4.17. The Morgan fingerprint density at radius 1 is 1.40 bits per heavy atom. The van der Waals surface area contributed by atoms with Crippen LogP contribution in [0.15, 0.2) is 30.9 Å². The van der Waals surface area contributed by atoms with Gasteiger partial charge in [0.15, 0.2) is 5.82 Å². The Hall–Kier alpha value is -1.75. The molecule has 0 atom stereocenters. The highest BCUT2D eigenvalue weighted by molar-refractivity contribution is 5.07. The molecule has 2 rings (SSSR count). The third-order valence-corrected chi connectivity index (χ3v) is 1.98. The predicted molar refractivity (Wildman–Crippen MR) is 55.8 cm³/mol. The van der Waals surface area contributed by atoms with Crippen molar-refractivity contribution in [1.82, 2.24) is 25.1 Å². The first-order valence-corrected chi connectivity index (χ1v) is 4.79. The molecule has 2 aromatic rings. The van der Waals surface area contributed by atoms with Crippen molar-refractivity contribution in [1.29, 1.82) is 0 Å². The molecule has 0 spiro atoms. The average molecular weight is 203 g/mol. The Balaban J connectivity index is 1.80. The standard InChI is InChI=1S/C10H13N5/c1-15-8-13-10(14-15)7-12-6-9-3-2-4-11-5-9/h2-5,8,12H,6-7H2,1H3. The first kappa shape index (κ1) is 9.79. The number of nitrogens with zero attached hydrogens (tertiary/aromatic N) is 4. The molecule has 15 heavy (non-hydrogen) atoms. The van der Waals surface area contributed by atoms with Crippen molar-refractivity contribution < 1.29 is 0 Å². The minimum Gasteiger partial charge on any atom is -0.306 e. The molecule has 0 aliphatic rings. The second-order valence-electron chi connectivity index (χ2n) is 3.30. The fourth-order valence-corrected chi connectivity index (χ4v) is 1.29. The van der Waals surface area contributed by atoms with Gasteiger partial charge >= 0.3 is 0 Å². The molecule has 0 fully saturated rings. The van der Waals surface area contributed by atoms with E-state index in [1.807, 2.05) is 25.4 Å². The van der Waals surface area contributed by atoms with E-state index in [1.165, 1.54) is 0 Å². The van der Waals surface area contributed by atoms with E-state index in [2.05, 4.69) is 20.4 Å².